The van der Waals surface area contributed by atoms with Gasteiger partial charge in [-0.15, -0.1) is 0 Å². The van der Waals surface area contributed by atoms with Crippen LogP contribution in [-0.4, -0.2) is 16.5 Å². The Hall–Kier alpha value is -1.94. The van der Waals surface area contributed by atoms with Gasteiger partial charge in [0.05, 0.1) is 17.8 Å². The Morgan fingerprint density at radius 3 is 2.78 bits per heavy atom. The number of primary amides is 1. The number of hydrogen-bond acceptors (Lipinski definition) is 3. The number of amides is 1. The van der Waals surface area contributed by atoms with Gasteiger partial charge in [0.1, 0.15) is 5.60 Å². The molecule has 0 atom stereocenters. The minimum absolute atomic E-state index is 0.327. The summed E-state index contributed by atoms with van der Waals surface area (Å²) in [6.07, 6.45) is 1.44. The third-order valence-electron chi connectivity index (χ3n) is 3.31. The molecule has 2 aromatic rings. The van der Waals surface area contributed by atoms with Crippen LogP contribution in [0.1, 0.15) is 18.5 Å². The number of carbonyl (C=O) groups excluding carboxylic acids is 1. The molecule has 0 unspecified atom stereocenters. The molecule has 92 valence electrons. The lowest BCUT2D eigenvalue weighted by Crippen LogP contribution is -2.33. The second kappa shape index (κ2) is 4.07. The molecule has 1 aliphatic carbocycles. The van der Waals surface area contributed by atoms with E-state index in [1.165, 1.54) is 0 Å². The summed E-state index contributed by atoms with van der Waals surface area (Å²) in [4.78, 5) is 15.7. The zero-order valence-corrected chi connectivity index (χ0v) is 9.93. The van der Waals surface area contributed by atoms with Crippen LogP contribution in [0.3, 0.4) is 0 Å². The lowest BCUT2D eigenvalue weighted by Gasteiger charge is -2.12. The van der Waals surface area contributed by atoms with Crippen LogP contribution in [0.4, 0.5) is 0 Å². The molecule has 0 bridgehead atoms. The molecule has 1 fully saturated rings. The molecule has 3 rings (SSSR count). The summed E-state index contributed by atoms with van der Waals surface area (Å²) in [7, 11) is 0. The van der Waals surface area contributed by atoms with E-state index in [1.54, 1.807) is 0 Å². The topological polar surface area (TPSA) is 65.2 Å². The Bertz CT molecular complexity index is 606. The molecule has 4 heteroatoms. The molecule has 1 saturated carbocycles. The third-order valence-corrected chi connectivity index (χ3v) is 3.31. The number of hydrogen-bond donors (Lipinski definition) is 1. The lowest BCUT2D eigenvalue weighted by atomic mass is 10.2. The van der Waals surface area contributed by atoms with Crippen molar-refractivity contribution < 1.29 is 9.53 Å². The molecule has 1 amide bonds. The fraction of sp³-hybridized carbons (Fsp3) is 0.286. The van der Waals surface area contributed by atoms with E-state index < -0.39 is 5.60 Å². The van der Waals surface area contributed by atoms with E-state index in [2.05, 4.69) is 4.98 Å². The van der Waals surface area contributed by atoms with Gasteiger partial charge in [0, 0.05) is 5.39 Å². The van der Waals surface area contributed by atoms with Gasteiger partial charge in [0.2, 0.25) is 5.91 Å². The van der Waals surface area contributed by atoms with Crippen molar-refractivity contribution in [3.05, 3.63) is 42.1 Å². The van der Waals surface area contributed by atoms with Gasteiger partial charge in [-0.1, -0.05) is 24.3 Å². The molecule has 4 nitrogen and oxygen atoms in total. The first-order chi connectivity index (χ1) is 8.70. The van der Waals surface area contributed by atoms with E-state index in [1.807, 2.05) is 36.4 Å². The standard InChI is InChI=1S/C14H14N2O2/c15-13(17)14(7-8-14)18-9-11-6-5-10-3-1-2-4-12(10)16-11/h1-6H,7-9H2,(H2,15,17). The van der Waals surface area contributed by atoms with E-state index in [9.17, 15) is 4.79 Å². The van der Waals surface area contributed by atoms with Crippen LogP contribution in [0.25, 0.3) is 10.9 Å². The molecule has 18 heavy (non-hydrogen) atoms. The quantitative estimate of drug-likeness (QED) is 0.888. The first-order valence-corrected chi connectivity index (χ1v) is 5.98. The largest absolute Gasteiger partial charge is 0.367 e. The van der Waals surface area contributed by atoms with Gasteiger partial charge in [-0.25, -0.2) is 0 Å². The number of carbonyl (C=O) groups is 1. The van der Waals surface area contributed by atoms with Crippen molar-refractivity contribution in [3.63, 3.8) is 0 Å². The van der Waals surface area contributed by atoms with Crippen LogP contribution in [0.2, 0.25) is 0 Å². The summed E-state index contributed by atoms with van der Waals surface area (Å²) >= 11 is 0. The summed E-state index contributed by atoms with van der Waals surface area (Å²) in [6.45, 7) is 0.327. The predicted octanol–water partition coefficient (Wildman–Crippen LogP) is 1.77. The number of para-hydroxylation sites is 1. The van der Waals surface area contributed by atoms with Crippen LogP contribution in [0, 0.1) is 0 Å². The minimum atomic E-state index is -0.729. The number of pyridine rings is 1. The maximum Gasteiger partial charge on any atom is 0.249 e. The zero-order chi connectivity index (χ0) is 12.6. The average Bonchev–Trinajstić information content (AvgIpc) is 3.17. The Balaban J connectivity index is 1.77. The first-order valence-electron chi connectivity index (χ1n) is 5.98. The van der Waals surface area contributed by atoms with E-state index in [0.717, 1.165) is 29.4 Å². The van der Waals surface area contributed by atoms with Crippen molar-refractivity contribution in [2.75, 3.05) is 0 Å². The number of aromatic nitrogens is 1. The zero-order valence-electron chi connectivity index (χ0n) is 9.93. The second-order valence-corrected chi connectivity index (χ2v) is 4.64. The number of nitrogens with zero attached hydrogens (tertiary/aromatic N) is 1. The van der Waals surface area contributed by atoms with Crippen molar-refractivity contribution in [1.29, 1.82) is 0 Å². The van der Waals surface area contributed by atoms with E-state index in [-0.39, 0.29) is 5.91 Å². The summed E-state index contributed by atoms with van der Waals surface area (Å²) in [5.74, 6) is -0.372. The van der Waals surface area contributed by atoms with Gasteiger partial charge >= 0.3 is 0 Å². The predicted molar refractivity (Wildman–Crippen MR) is 67.7 cm³/mol. The van der Waals surface area contributed by atoms with Crippen LogP contribution in [0.15, 0.2) is 36.4 Å². The first kappa shape index (κ1) is 11.2. The highest BCUT2D eigenvalue weighted by Crippen LogP contribution is 2.39. The number of benzene rings is 1. The van der Waals surface area contributed by atoms with Crippen molar-refractivity contribution in [1.82, 2.24) is 4.98 Å². The van der Waals surface area contributed by atoms with Gasteiger partial charge in [0.15, 0.2) is 0 Å². The van der Waals surface area contributed by atoms with Crippen molar-refractivity contribution in [2.45, 2.75) is 25.0 Å². The smallest absolute Gasteiger partial charge is 0.249 e. The molecule has 0 saturated heterocycles. The third kappa shape index (κ3) is 1.95. The summed E-state index contributed by atoms with van der Waals surface area (Å²) in [6, 6.07) is 11.8. The minimum Gasteiger partial charge on any atom is -0.367 e. The monoisotopic (exact) mass is 242 g/mol. The Morgan fingerprint density at radius 2 is 2.06 bits per heavy atom. The molecule has 1 aromatic carbocycles. The van der Waals surface area contributed by atoms with E-state index in [4.69, 9.17) is 10.5 Å². The van der Waals surface area contributed by atoms with E-state index >= 15 is 0 Å². The van der Waals surface area contributed by atoms with Gasteiger partial charge in [-0.2, -0.15) is 0 Å². The van der Waals surface area contributed by atoms with Crippen LogP contribution in [-0.2, 0) is 16.1 Å². The fourth-order valence-corrected chi connectivity index (χ4v) is 1.98. The second-order valence-electron chi connectivity index (χ2n) is 4.64. The summed E-state index contributed by atoms with van der Waals surface area (Å²) in [5, 5.41) is 1.09. The fourth-order valence-electron chi connectivity index (χ4n) is 1.98. The van der Waals surface area contributed by atoms with Crippen molar-refractivity contribution >= 4 is 16.8 Å². The van der Waals surface area contributed by atoms with Gasteiger partial charge < -0.3 is 10.5 Å². The highest BCUT2D eigenvalue weighted by Gasteiger charge is 2.50. The molecule has 2 N–H and O–H groups in total. The van der Waals surface area contributed by atoms with Gasteiger partial charge in [-0.3, -0.25) is 9.78 Å². The highest BCUT2D eigenvalue weighted by molar-refractivity contribution is 5.86. The highest BCUT2D eigenvalue weighted by atomic mass is 16.5. The maximum atomic E-state index is 11.2. The summed E-state index contributed by atoms with van der Waals surface area (Å²) < 4.78 is 5.60. The maximum absolute atomic E-state index is 11.2. The molecular formula is C14H14N2O2. The van der Waals surface area contributed by atoms with Crippen LogP contribution >= 0.6 is 0 Å². The molecule has 1 aliphatic rings. The molecule has 1 aromatic heterocycles. The Kier molecular flexibility index (Phi) is 2.52. The normalized spacial score (nSPS) is 16.7. The van der Waals surface area contributed by atoms with Gasteiger partial charge in [-0.05, 0) is 25.0 Å². The molecule has 0 aliphatic heterocycles. The number of nitrogens with two attached hydrogens (primary N) is 1. The van der Waals surface area contributed by atoms with Gasteiger partial charge in [0.25, 0.3) is 0 Å². The van der Waals surface area contributed by atoms with Crippen molar-refractivity contribution in [2.24, 2.45) is 5.73 Å². The molecule has 0 spiro atoms. The van der Waals surface area contributed by atoms with Crippen LogP contribution < -0.4 is 5.73 Å². The number of fused-ring (bicyclic) bond motifs is 1. The summed E-state index contributed by atoms with van der Waals surface area (Å²) in [5.41, 5.74) is 6.33. The SMILES string of the molecule is NC(=O)C1(OCc2ccc3ccccc3n2)CC1. The van der Waals surface area contributed by atoms with Crippen LogP contribution in [0.5, 0.6) is 0 Å². The molecular weight excluding hydrogens is 228 g/mol. The Morgan fingerprint density at radius 1 is 1.28 bits per heavy atom. The van der Waals surface area contributed by atoms with E-state index in [0.29, 0.717) is 6.61 Å². The van der Waals surface area contributed by atoms with Crippen molar-refractivity contribution in [3.8, 4) is 0 Å². The number of ether oxygens (including phenoxy) is 1. The Labute approximate surface area is 105 Å². The lowest BCUT2D eigenvalue weighted by molar-refractivity contribution is -0.133. The number of rotatable bonds is 4. The molecule has 0 radical (unpaired) electrons. The average molecular weight is 242 g/mol. The molecule has 1 heterocycles.